The van der Waals surface area contributed by atoms with Gasteiger partial charge in [0.15, 0.2) is 0 Å². The number of hydrogen-bond acceptors (Lipinski definition) is 6. The van der Waals surface area contributed by atoms with Crippen LogP contribution in [0.15, 0.2) is 29.2 Å². The zero-order valence-electron chi connectivity index (χ0n) is 20.0. The van der Waals surface area contributed by atoms with Crippen LogP contribution in [0.25, 0.3) is 0 Å². The van der Waals surface area contributed by atoms with Gasteiger partial charge in [-0.1, -0.05) is 13.8 Å². The van der Waals surface area contributed by atoms with Crippen molar-refractivity contribution in [3.63, 3.8) is 0 Å². The molecule has 2 aromatic rings. The zero-order chi connectivity index (χ0) is 25.2. The van der Waals surface area contributed by atoms with Crippen molar-refractivity contribution in [2.24, 2.45) is 0 Å². The smallest absolute Gasteiger partial charge is 0.256 e. The van der Waals surface area contributed by atoms with Gasteiger partial charge in [0.2, 0.25) is 15.9 Å². The Hall–Kier alpha value is -2.76. The van der Waals surface area contributed by atoms with Crippen molar-refractivity contribution in [1.29, 1.82) is 0 Å². The Kier molecular flexibility index (Phi) is 7.79. The van der Waals surface area contributed by atoms with Crippen molar-refractivity contribution in [2.45, 2.75) is 38.6 Å². The highest BCUT2D eigenvalue weighted by Crippen LogP contribution is 2.38. The molecule has 0 saturated carbocycles. The third-order valence-electron chi connectivity index (χ3n) is 5.81. The molecule has 9 nitrogen and oxygen atoms in total. The number of carbonyl (C=O) groups is 3. The van der Waals surface area contributed by atoms with E-state index in [2.05, 4.69) is 5.32 Å². The third-order valence-corrected chi connectivity index (χ3v) is 9.01. The van der Waals surface area contributed by atoms with Gasteiger partial charge in [0, 0.05) is 51.1 Å². The first-order chi connectivity index (χ1) is 16.0. The van der Waals surface area contributed by atoms with Gasteiger partial charge >= 0.3 is 0 Å². The number of nitrogens with one attached hydrogen (secondary N) is 1. The number of sulfonamides is 1. The summed E-state index contributed by atoms with van der Waals surface area (Å²) in [5.74, 6) is -0.698. The van der Waals surface area contributed by atoms with Crippen LogP contribution in [0.4, 0.5) is 5.00 Å². The van der Waals surface area contributed by atoms with Crippen LogP contribution in [0.2, 0.25) is 0 Å². The molecule has 0 radical (unpaired) electrons. The second-order valence-electron chi connectivity index (χ2n) is 8.17. The molecule has 3 rings (SSSR count). The van der Waals surface area contributed by atoms with Crippen LogP contribution in [-0.2, 0) is 27.8 Å². The average molecular weight is 507 g/mol. The Balaban J connectivity index is 1.90. The minimum Gasteiger partial charge on any atom is -0.345 e. The molecule has 0 aliphatic carbocycles. The summed E-state index contributed by atoms with van der Waals surface area (Å²) in [6.07, 6.45) is 0.536. The molecule has 3 amide bonds. The van der Waals surface area contributed by atoms with Crippen molar-refractivity contribution in [3.8, 4) is 0 Å². The van der Waals surface area contributed by atoms with Crippen molar-refractivity contribution in [2.75, 3.05) is 39.0 Å². The summed E-state index contributed by atoms with van der Waals surface area (Å²) in [7, 11) is -0.322. The van der Waals surface area contributed by atoms with E-state index in [4.69, 9.17) is 0 Å². The van der Waals surface area contributed by atoms with Crippen LogP contribution in [-0.4, -0.2) is 74.0 Å². The van der Waals surface area contributed by atoms with Crippen molar-refractivity contribution in [3.05, 3.63) is 45.8 Å². The van der Waals surface area contributed by atoms with Crippen LogP contribution in [0.3, 0.4) is 0 Å². The van der Waals surface area contributed by atoms with E-state index in [0.717, 1.165) is 10.4 Å². The van der Waals surface area contributed by atoms with Crippen LogP contribution < -0.4 is 5.32 Å². The number of fused-ring (bicyclic) bond motifs is 1. The van der Waals surface area contributed by atoms with E-state index in [1.807, 2.05) is 0 Å². The normalized spacial score (nSPS) is 13.5. The molecule has 0 saturated heterocycles. The monoisotopic (exact) mass is 506 g/mol. The third kappa shape index (κ3) is 5.01. The second kappa shape index (κ2) is 10.2. The number of anilines is 1. The molecule has 11 heteroatoms. The molecule has 1 aliphatic heterocycles. The molecule has 0 fully saturated rings. The average Bonchev–Trinajstić information content (AvgIpc) is 3.15. The lowest BCUT2D eigenvalue weighted by Crippen LogP contribution is -2.34. The first-order valence-electron chi connectivity index (χ1n) is 11.0. The molecule has 1 aromatic heterocycles. The molecule has 1 N–H and O–H groups in total. The number of nitrogens with zero attached hydrogens (tertiary/aromatic N) is 3. The van der Waals surface area contributed by atoms with Gasteiger partial charge in [-0.3, -0.25) is 14.4 Å². The number of benzene rings is 1. The van der Waals surface area contributed by atoms with E-state index in [0.29, 0.717) is 43.2 Å². The van der Waals surface area contributed by atoms with Crippen LogP contribution in [0, 0.1) is 0 Å². The highest BCUT2D eigenvalue weighted by molar-refractivity contribution is 7.89. The Morgan fingerprint density at radius 1 is 1.09 bits per heavy atom. The van der Waals surface area contributed by atoms with Gasteiger partial charge in [-0.25, -0.2) is 8.42 Å². The lowest BCUT2D eigenvalue weighted by atomic mass is 10.0. The number of amides is 3. The number of rotatable bonds is 7. The highest BCUT2D eigenvalue weighted by Gasteiger charge is 2.30. The van der Waals surface area contributed by atoms with Gasteiger partial charge in [-0.15, -0.1) is 11.3 Å². The highest BCUT2D eigenvalue weighted by atomic mass is 32.2. The van der Waals surface area contributed by atoms with Gasteiger partial charge in [0.05, 0.1) is 17.0 Å². The van der Waals surface area contributed by atoms with E-state index >= 15 is 0 Å². The van der Waals surface area contributed by atoms with E-state index in [1.165, 1.54) is 51.7 Å². The summed E-state index contributed by atoms with van der Waals surface area (Å²) in [6.45, 7) is 6.68. The summed E-state index contributed by atoms with van der Waals surface area (Å²) in [5.41, 5.74) is 1.58. The zero-order valence-corrected chi connectivity index (χ0v) is 21.7. The molecule has 0 bridgehead atoms. The second-order valence-corrected chi connectivity index (χ2v) is 11.2. The fourth-order valence-electron chi connectivity index (χ4n) is 3.88. The first-order valence-corrected chi connectivity index (χ1v) is 13.3. The Morgan fingerprint density at radius 3 is 2.24 bits per heavy atom. The molecule has 184 valence electrons. The SMILES string of the molecule is CCN(CC)S(=O)(=O)c1ccc(C(=O)Nc2sc3c(c2C(=O)N(C)C)CCN(C(C)=O)C3)cc1. The van der Waals surface area contributed by atoms with E-state index < -0.39 is 15.9 Å². The van der Waals surface area contributed by atoms with E-state index in [9.17, 15) is 22.8 Å². The molecule has 0 atom stereocenters. The summed E-state index contributed by atoms with van der Waals surface area (Å²) in [4.78, 5) is 41.9. The number of hydrogen-bond donors (Lipinski definition) is 1. The van der Waals surface area contributed by atoms with Crippen LogP contribution in [0.5, 0.6) is 0 Å². The lowest BCUT2D eigenvalue weighted by Gasteiger charge is -2.26. The maximum absolute atomic E-state index is 13.0. The van der Waals surface area contributed by atoms with Crippen molar-refractivity contribution in [1.82, 2.24) is 14.1 Å². The van der Waals surface area contributed by atoms with Crippen molar-refractivity contribution >= 4 is 44.1 Å². The van der Waals surface area contributed by atoms with Gasteiger partial charge in [0.1, 0.15) is 5.00 Å². The molecular formula is C23H30N4O5S2. The molecule has 0 unspecified atom stereocenters. The molecule has 1 aromatic carbocycles. The van der Waals surface area contributed by atoms with E-state index in [-0.39, 0.29) is 22.3 Å². The van der Waals surface area contributed by atoms with Crippen molar-refractivity contribution < 1.29 is 22.8 Å². The predicted molar refractivity (Wildman–Crippen MR) is 132 cm³/mol. The largest absolute Gasteiger partial charge is 0.345 e. The van der Waals surface area contributed by atoms with Gasteiger partial charge in [0.25, 0.3) is 11.8 Å². The van der Waals surface area contributed by atoms with Gasteiger partial charge in [-0.2, -0.15) is 4.31 Å². The molecule has 0 spiro atoms. The molecule has 34 heavy (non-hydrogen) atoms. The van der Waals surface area contributed by atoms with Gasteiger partial charge in [-0.05, 0) is 36.2 Å². The fraction of sp³-hybridized carbons (Fsp3) is 0.435. The summed E-state index contributed by atoms with van der Waals surface area (Å²) >= 11 is 1.29. The van der Waals surface area contributed by atoms with E-state index in [1.54, 1.807) is 32.8 Å². The lowest BCUT2D eigenvalue weighted by molar-refractivity contribution is -0.129. The first kappa shape index (κ1) is 25.9. The Bertz CT molecular complexity index is 1200. The summed E-state index contributed by atoms with van der Waals surface area (Å²) in [6, 6.07) is 5.76. The number of thiophene rings is 1. The Morgan fingerprint density at radius 2 is 1.71 bits per heavy atom. The molecule has 2 heterocycles. The summed E-state index contributed by atoms with van der Waals surface area (Å²) in [5, 5.41) is 3.27. The van der Waals surface area contributed by atoms with Crippen LogP contribution >= 0.6 is 11.3 Å². The minimum atomic E-state index is -3.62. The fourth-order valence-corrected chi connectivity index (χ4v) is 6.58. The minimum absolute atomic E-state index is 0.0372. The Labute approximate surface area is 204 Å². The molecule has 1 aliphatic rings. The molecular weight excluding hydrogens is 476 g/mol. The number of carbonyl (C=O) groups excluding carboxylic acids is 3. The maximum Gasteiger partial charge on any atom is 0.256 e. The summed E-state index contributed by atoms with van der Waals surface area (Å²) < 4.78 is 26.7. The van der Waals surface area contributed by atoms with Crippen LogP contribution in [0.1, 0.15) is 51.9 Å². The standard InChI is InChI=1S/C23H30N4O5S2/c1-6-27(7-2)34(31,32)17-10-8-16(9-11-17)21(29)24-22-20(23(30)25(4)5)18-12-13-26(15(3)28)14-19(18)33-22/h8-11H,6-7,12-14H2,1-5H3,(H,24,29). The predicted octanol–water partition coefficient (Wildman–Crippen LogP) is 2.64. The van der Waals surface area contributed by atoms with Gasteiger partial charge < -0.3 is 15.1 Å². The topological polar surface area (TPSA) is 107 Å². The maximum atomic E-state index is 13.0. The quantitative estimate of drug-likeness (QED) is 0.621.